The van der Waals surface area contributed by atoms with Gasteiger partial charge in [-0.1, -0.05) is 41.9 Å². The molecule has 2 nitrogen and oxygen atoms in total. The zero-order chi connectivity index (χ0) is 13.1. The van der Waals surface area contributed by atoms with Crippen molar-refractivity contribution in [3.05, 3.63) is 72.2 Å². The van der Waals surface area contributed by atoms with Gasteiger partial charge in [0.05, 0.1) is 16.2 Å². The van der Waals surface area contributed by atoms with E-state index in [9.17, 15) is 0 Å². The van der Waals surface area contributed by atoms with Crippen molar-refractivity contribution >= 4 is 33.6 Å². The molecule has 0 bridgehead atoms. The van der Waals surface area contributed by atoms with Gasteiger partial charge in [0.1, 0.15) is 0 Å². The first-order chi connectivity index (χ1) is 9.34. The lowest BCUT2D eigenvalue weighted by atomic mass is 10.1. The van der Waals surface area contributed by atoms with Crippen LogP contribution in [0, 0.1) is 0 Å². The number of nitrogens with zero attached hydrogens (tertiary/aromatic N) is 2. The second kappa shape index (κ2) is 5.21. The van der Waals surface area contributed by atoms with E-state index in [1.807, 2.05) is 54.6 Å². The Morgan fingerprint density at radius 1 is 0.895 bits per heavy atom. The molecule has 0 N–H and O–H groups in total. The van der Waals surface area contributed by atoms with Gasteiger partial charge in [0.25, 0.3) is 0 Å². The van der Waals surface area contributed by atoms with Crippen LogP contribution in [0.1, 0.15) is 11.3 Å². The molecule has 2 aromatic heterocycles. The molecule has 0 aliphatic heterocycles. The van der Waals surface area contributed by atoms with Crippen molar-refractivity contribution in [3.63, 3.8) is 0 Å². The summed E-state index contributed by atoms with van der Waals surface area (Å²) in [6.07, 6.45) is 5.42. The fourth-order valence-electron chi connectivity index (χ4n) is 1.96. The molecule has 0 atom stereocenters. The summed E-state index contributed by atoms with van der Waals surface area (Å²) >= 11 is 6.31. The minimum absolute atomic E-state index is 0.610. The van der Waals surface area contributed by atoms with Crippen molar-refractivity contribution in [2.45, 2.75) is 0 Å². The molecule has 0 saturated carbocycles. The molecule has 92 valence electrons. The molecule has 1 aromatic carbocycles. The van der Waals surface area contributed by atoms with Crippen molar-refractivity contribution in [1.82, 2.24) is 9.97 Å². The Morgan fingerprint density at radius 2 is 1.74 bits per heavy atom. The molecule has 0 saturated heterocycles. The van der Waals surface area contributed by atoms with Gasteiger partial charge in [0.15, 0.2) is 0 Å². The van der Waals surface area contributed by atoms with E-state index in [-0.39, 0.29) is 0 Å². The predicted octanol–water partition coefficient (Wildman–Crippen LogP) is 4.37. The van der Waals surface area contributed by atoms with Crippen LogP contribution in [0.2, 0.25) is 0 Å². The summed E-state index contributed by atoms with van der Waals surface area (Å²) in [4.78, 5) is 8.64. The highest BCUT2D eigenvalue weighted by Crippen LogP contribution is 2.24. The highest BCUT2D eigenvalue weighted by Gasteiger charge is 2.02. The molecule has 3 rings (SSSR count). The quantitative estimate of drug-likeness (QED) is 0.688. The van der Waals surface area contributed by atoms with E-state index in [4.69, 9.17) is 11.6 Å². The fourth-order valence-corrected chi connectivity index (χ4v) is 2.19. The van der Waals surface area contributed by atoms with Crippen LogP contribution in [-0.4, -0.2) is 9.97 Å². The zero-order valence-corrected chi connectivity index (χ0v) is 10.9. The Bertz CT molecular complexity index is 731. The van der Waals surface area contributed by atoms with Crippen LogP contribution in [-0.2, 0) is 0 Å². The predicted molar refractivity (Wildman–Crippen MR) is 79.7 cm³/mol. The van der Waals surface area contributed by atoms with Crippen molar-refractivity contribution < 1.29 is 0 Å². The third kappa shape index (κ3) is 2.49. The number of aromatic nitrogens is 2. The summed E-state index contributed by atoms with van der Waals surface area (Å²) in [5.74, 6) is 0. The van der Waals surface area contributed by atoms with Crippen LogP contribution in [0.15, 0.2) is 60.9 Å². The smallest absolute Gasteiger partial charge is 0.0816 e. The Kier molecular flexibility index (Phi) is 3.25. The average Bonchev–Trinajstić information content (AvgIpc) is 2.48. The van der Waals surface area contributed by atoms with E-state index in [1.54, 1.807) is 12.4 Å². The van der Waals surface area contributed by atoms with Gasteiger partial charge < -0.3 is 0 Å². The molecule has 3 aromatic rings. The molecule has 0 aliphatic carbocycles. The van der Waals surface area contributed by atoms with Crippen LogP contribution >= 0.6 is 11.6 Å². The van der Waals surface area contributed by atoms with Gasteiger partial charge in [0, 0.05) is 23.3 Å². The largest absolute Gasteiger partial charge is 0.256 e. The van der Waals surface area contributed by atoms with Crippen molar-refractivity contribution in [2.24, 2.45) is 0 Å². The average molecular weight is 267 g/mol. The minimum atomic E-state index is 0.610. The van der Waals surface area contributed by atoms with Gasteiger partial charge in [-0.15, -0.1) is 0 Å². The Balaban J connectivity index is 2.11. The second-order valence-corrected chi connectivity index (χ2v) is 4.54. The Labute approximate surface area is 116 Å². The van der Waals surface area contributed by atoms with Crippen molar-refractivity contribution in [1.29, 1.82) is 0 Å². The lowest BCUT2D eigenvalue weighted by Gasteiger charge is -2.02. The molecule has 0 amide bonds. The SMILES string of the molecule is Cl/C(=C\c1cccc2cccnc12)c1ccccn1. The summed E-state index contributed by atoms with van der Waals surface area (Å²) in [5.41, 5.74) is 2.70. The molecular formula is C16H11ClN2. The van der Waals surface area contributed by atoms with Gasteiger partial charge >= 0.3 is 0 Å². The topological polar surface area (TPSA) is 25.8 Å². The summed E-state index contributed by atoms with van der Waals surface area (Å²) in [7, 11) is 0. The summed E-state index contributed by atoms with van der Waals surface area (Å²) in [6.45, 7) is 0. The number of halogens is 1. The van der Waals surface area contributed by atoms with E-state index in [1.165, 1.54) is 0 Å². The zero-order valence-electron chi connectivity index (χ0n) is 10.1. The van der Waals surface area contributed by atoms with Crippen LogP contribution in [0.3, 0.4) is 0 Å². The second-order valence-electron chi connectivity index (χ2n) is 4.13. The van der Waals surface area contributed by atoms with E-state index in [0.717, 1.165) is 22.2 Å². The molecule has 19 heavy (non-hydrogen) atoms. The molecule has 0 aliphatic rings. The van der Waals surface area contributed by atoms with E-state index < -0.39 is 0 Å². The number of para-hydroxylation sites is 1. The first-order valence-corrected chi connectivity index (χ1v) is 6.35. The number of benzene rings is 1. The third-order valence-corrected chi connectivity index (χ3v) is 3.16. The van der Waals surface area contributed by atoms with Gasteiger partial charge in [0.2, 0.25) is 0 Å². The van der Waals surface area contributed by atoms with E-state index in [2.05, 4.69) is 9.97 Å². The maximum atomic E-state index is 6.31. The normalized spacial score (nSPS) is 11.7. The molecule has 3 heteroatoms. The molecular weight excluding hydrogens is 256 g/mol. The van der Waals surface area contributed by atoms with Crippen molar-refractivity contribution in [3.8, 4) is 0 Å². The first-order valence-electron chi connectivity index (χ1n) is 5.97. The fraction of sp³-hybridized carbons (Fsp3) is 0. The highest BCUT2D eigenvalue weighted by molar-refractivity contribution is 6.51. The number of hydrogen-bond acceptors (Lipinski definition) is 2. The van der Waals surface area contributed by atoms with Crippen LogP contribution in [0.5, 0.6) is 0 Å². The van der Waals surface area contributed by atoms with Crippen LogP contribution < -0.4 is 0 Å². The Morgan fingerprint density at radius 3 is 2.58 bits per heavy atom. The van der Waals surface area contributed by atoms with Crippen LogP contribution in [0.4, 0.5) is 0 Å². The van der Waals surface area contributed by atoms with E-state index >= 15 is 0 Å². The number of fused-ring (bicyclic) bond motifs is 1. The number of hydrogen-bond donors (Lipinski definition) is 0. The maximum Gasteiger partial charge on any atom is 0.0816 e. The first kappa shape index (κ1) is 11.9. The third-order valence-electron chi connectivity index (χ3n) is 2.86. The monoisotopic (exact) mass is 266 g/mol. The molecule has 0 spiro atoms. The molecule has 0 unspecified atom stereocenters. The standard InChI is InChI=1S/C16H11ClN2/c17-14(15-8-1-2-9-18-15)11-13-6-3-5-12-7-4-10-19-16(12)13/h1-11H/b14-11-. The molecule has 2 heterocycles. The lowest BCUT2D eigenvalue weighted by molar-refractivity contribution is 1.29. The van der Waals surface area contributed by atoms with Crippen LogP contribution in [0.25, 0.3) is 22.0 Å². The maximum absolute atomic E-state index is 6.31. The number of rotatable bonds is 2. The van der Waals surface area contributed by atoms with Crippen molar-refractivity contribution in [2.75, 3.05) is 0 Å². The summed E-state index contributed by atoms with van der Waals surface area (Å²) < 4.78 is 0. The van der Waals surface area contributed by atoms with Gasteiger partial charge in [-0.2, -0.15) is 0 Å². The van der Waals surface area contributed by atoms with Gasteiger partial charge in [-0.25, -0.2) is 0 Å². The Hall–Kier alpha value is -2.19. The van der Waals surface area contributed by atoms with Gasteiger partial charge in [-0.05, 0) is 24.3 Å². The lowest BCUT2D eigenvalue weighted by Crippen LogP contribution is -1.85. The highest BCUT2D eigenvalue weighted by atomic mass is 35.5. The summed E-state index contributed by atoms with van der Waals surface area (Å²) in [6, 6.07) is 15.7. The number of pyridine rings is 2. The molecule has 0 radical (unpaired) electrons. The molecule has 0 fully saturated rings. The summed E-state index contributed by atoms with van der Waals surface area (Å²) in [5, 5.41) is 1.71. The van der Waals surface area contributed by atoms with E-state index in [0.29, 0.717) is 5.03 Å². The minimum Gasteiger partial charge on any atom is -0.256 e. The van der Waals surface area contributed by atoms with Gasteiger partial charge in [-0.3, -0.25) is 9.97 Å².